The first-order valence-corrected chi connectivity index (χ1v) is 9.95. The molecule has 1 aliphatic rings. The molecule has 2 atom stereocenters. The van der Waals surface area contributed by atoms with Gasteiger partial charge in [-0.3, -0.25) is 9.63 Å². The van der Waals surface area contributed by atoms with Gasteiger partial charge in [0.25, 0.3) is 0 Å². The third-order valence-corrected chi connectivity index (χ3v) is 5.25. The van der Waals surface area contributed by atoms with E-state index in [1.54, 1.807) is 11.3 Å². The van der Waals surface area contributed by atoms with Gasteiger partial charge in [-0.05, 0) is 46.5 Å². The maximum atomic E-state index is 12.6. The summed E-state index contributed by atoms with van der Waals surface area (Å²) in [5, 5.41) is 9.70. The van der Waals surface area contributed by atoms with Crippen molar-refractivity contribution in [1.29, 1.82) is 0 Å². The van der Waals surface area contributed by atoms with Crippen LogP contribution >= 0.6 is 22.9 Å². The molecule has 0 radical (unpaired) electrons. The molecule has 1 fully saturated rings. The molecule has 4 nitrogen and oxygen atoms in total. The molecule has 1 N–H and O–H groups in total. The summed E-state index contributed by atoms with van der Waals surface area (Å²) in [4.78, 5) is 18.8. The molecule has 0 aliphatic carbocycles. The number of hydroxylamine groups is 2. The molecule has 2 unspecified atom stereocenters. The Hall–Kier alpha value is -1.40. The van der Waals surface area contributed by atoms with E-state index in [-0.39, 0.29) is 17.9 Å². The van der Waals surface area contributed by atoms with Crippen molar-refractivity contribution in [2.24, 2.45) is 5.92 Å². The van der Waals surface area contributed by atoms with E-state index in [2.05, 4.69) is 17.6 Å². The Bertz CT molecular complexity index is 692. The van der Waals surface area contributed by atoms with Crippen LogP contribution in [0.2, 0.25) is 5.02 Å². The molecule has 1 saturated heterocycles. The van der Waals surface area contributed by atoms with E-state index in [0.717, 1.165) is 30.5 Å². The first-order valence-electron chi connectivity index (χ1n) is 8.63. The number of benzene rings is 1. The second-order valence-corrected chi connectivity index (χ2v) is 7.50. The van der Waals surface area contributed by atoms with Gasteiger partial charge in [0.05, 0.1) is 5.92 Å². The molecule has 0 spiro atoms. The van der Waals surface area contributed by atoms with Crippen molar-refractivity contribution in [2.75, 3.05) is 13.1 Å². The highest BCUT2D eigenvalue weighted by molar-refractivity contribution is 7.07. The number of amides is 1. The molecule has 6 heteroatoms. The van der Waals surface area contributed by atoms with Crippen LogP contribution in [-0.2, 0) is 16.2 Å². The second-order valence-electron chi connectivity index (χ2n) is 6.29. The maximum absolute atomic E-state index is 12.6. The van der Waals surface area contributed by atoms with Crippen molar-refractivity contribution in [3.8, 4) is 0 Å². The van der Waals surface area contributed by atoms with Gasteiger partial charge in [-0.2, -0.15) is 16.4 Å². The van der Waals surface area contributed by atoms with Crippen molar-refractivity contribution in [3.05, 3.63) is 57.2 Å². The number of carbonyl (C=O) groups excluding carboxylic acids is 1. The molecule has 1 aromatic heterocycles. The lowest BCUT2D eigenvalue weighted by molar-refractivity contribution is -0.157. The van der Waals surface area contributed by atoms with E-state index in [1.807, 2.05) is 40.8 Å². The lowest BCUT2D eigenvalue weighted by Gasteiger charge is -2.16. The Morgan fingerprint density at radius 1 is 1.44 bits per heavy atom. The molecule has 0 bridgehead atoms. The van der Waals surface area contributed by atoms with Crippen molar-refractivity contribution in [2.45, 2.75) is 32.4 Å². The summed E-state index contributed by atoms with van der Waals surface area (Å²) >= 11 is 7.69. The second kappa shape index (κ2) is 8.81. The fourth-order valence-corrected chi connectivity index (χ4v) is 3.90. The van der Waals surface area contributed by atoms with Crippen LogP contribution in [0.25, 0.3) is 0 Å². The molecule has 1 amide bonds. The SMILES string of the molecule is CCCCNC(=O)C1CN(Cc2cccc(Cl)c2)OC1c1ccsc1. The van der Waals surface area contributed by atoms with E-state index in [0.29, 0.717) is 18.1 Å². The van der Waals surface area contributed by atoms with Gasteiger partial charge in [-0.1, -0.05) is 37.1 Å². The zero-order valence-electron chi connectivity index (χ0n) is 14.3. The summed E-state index contributed by atoms with van der Waals surface area (Å²) in [7, 11) is 0. The highest BCUT2D eigenvalue weighted by Gasteiger charge is 2.40. The summed E-state index contributed by atoms with van der Waals surface area (Å²) in [6, 6.07) is 9.76. The number of hydrogen-bond acceptors (Lipinski definition) is 4. The minimum atomic E-state index is -0.230. The van der Waals surface area contributed by atoms with Crippen LogP contribution in [0.4, 0.5) is 0 Å². The lowest BCUT2D eigenvalue weighted by atomic mass is 9.97. The van der Waals surface area contributed by atoms with E-state index in [1.165, 1.54) is 0 Å². The average molecular weight is 379 g/mol. The molecular weight excluding hydrogens is 356 g/mol. The number of unbranched alkanes of at least 4 members (excludes halogenated alkanes) is 1. The maximum Gasteiger partial charge on any atom is 0.227 e. The average Bonchev–Trinajstić information content (AvgIpc) is 3.24. The standard InChI is InChI=1S/C19H23ClN2O2S/c1-2-3-8-21-19(23)17-12-22(11-14-5-4-6-16(20)10-14)24-18(17)15-7-9-25-13-15/h4-7,9-10,13,17-18H,2-3,8,11-12H2,1H3,(H,21,23). The molecular formula is C19H23ClN2O2S. The lowest BCUT2D eigenvalue weighted by Crippen LogP contribution is -2.35. The smallest absolute Gasteiger partial charge is 0.227 e. The molecule has 25 heavy (non-hydrogen) atoms. The number of nitrogens with zero attached hydrogens (tertiary/aromatic N) is 1. The molecule has 3 rings (SSSR count). The minimum Gasteiger partial charge on any atom is -0.356 e. The fraction of sp³-hybridized carbons (Fsp3) is 0.421. The Morgan fingerprint density at radius 2 is 2.32 bits per heavy atom. The van der Waals surface area contributed by atoms with Crippen LogP contribution in [0.3, 0.4) is 0 Å². The number of rotatable bonds is 7. The first kappa shape index (κ1) is 18.4. The van der Waals surface area contributed by atoms with Gasteiger partial charge >= 0.3 is 0 Å². The minimum absolute atomic E-state index is 0.0678. The Morgan fingerprint density at radius 3 is 3.04 bits per heavy atom. The van der Waals surface area contributed by atoms with Crippen LogP contribution in [0.15, 0.2) is 41.1 Å². The fourth-order valence-electron chi connectivity index (χ4n) is 3.00. The highest BCUT2D eigenvalue weighted by atomic mass is 35.5. The van der Waals surface area contributed by atoms with Gasteiger partial charge in [-0.15, -0.1) is 0 Å². The summed E-state index contributed by atoms with van der Waals surface area (Å²) in [6.07, 6.45) is 1.83. The third-order valence-electron chi connectivity index (χ3n) is 4.31. The third kappa shape index (κ3) is 4.82. The van der Waals surface area contributed by atoms with Gasteiger partial charge in [0.2, 0.25) is 5.91 Å². The molecule has 1 aromatic carbocycles. The van der Waals surface area contributed by atoms with Crippen LogP contribution in [0.5, 0.6) is 0 Å². The molecule has 2 heterocycles. The number of nitrogens with one attached hydrogen (secondary N) is 1. The van der Waals surface area contributed by atoms with E-state index in [4.69, 9.17) is 16.4 Å². The Balaban J connectivity index is 1.70. The quantitative estimate of drug-likeness (QED) is 0.725. The zero-order chi connectivity index (χ0) is 17.6. The van der Waals surface area contributed by atoms with Gasteiger partial charge < -0.3 is 5.32 Å². The van der Waals surface area contributed by atoms with Gasteiger partial charge in [-0.25, -0.2) is 0 Å². The summed E-state index contributed by atoms with van der Waals surface area (Å²) in [6.45, 7) is 4.02. The number of carbonyl (C=O) groups is 1. The molecule has 1 aliphatic heterocycles. The molecule has 2 aromatic rings. The van der Waals surface area contributed by atoms with E-state index >= 15 is 0 Å². The van der Waals surface area contributed by atoms with Crippen LogP contribution in [0.1, 0.15) is 37.0 Å². The highest BCUT2D eigenvalue weighted by Crippen LogP contribution is 2.36. The normalized spacial score (nSPS) is 20.7. The van der Waals surface area contributed by atoms with Crippen LogP contribution < -0.4 is 5.32 Å². The van der Waals surface area contributed by atoms with Crippen LogP contribution in [0, 0.1) is 5.92 Å². The van der Waals surface area contributed by atoms with E-state index < -0.39 is 0 Å². The number of halogens is 1. The summed E-state index contributed by atoms with van der Waals surface area (Å²) in [5.41, 5.74) is 2.14. The van der Waals surface area contributed by atoms with Gasteiger partial charge in [0.1, 0.15) is 6.10 Å². The number of hydrogen-bond donors (Lipinski definition) is 1. The van der Waals surface area contributed by atoms with Gasteiger partial charge in [0.15, 0.2) is 0 Å². The van der Waals surface area contributed by atoms with Gasteiger partial charge in [0, 0.05) is 24.7 Å². The Labute approximate surface area is 157 Å². The van der Waals surface area contributed by atoms with Crippen molar-refractivity contribution in [3.63, 3.8) is 0 Å². The number of thiophene rings is 1. The molecule has 0 saturated carbocycles. The zero-order valence-corrected chi connectivity index (χ0v) is 15.9. The summed E-state index contributed by atoms with van der Waals surface area (Å²) in [5.74, 6) is -0.135. The Kier molecular flexibility index (Phi) is 6.48. The summed E-state index contributed by atoms with van der Waals surface area (Å²) < 4.78 is 0. The monoisotopic (exact) mass is 378 g/mol. The van der Waals surface area contributed by atoms with Crippen LogP contribution in [-0.4, -0.2) is 24.1 Å². The van der Waals surface area contributed by atoms with Crippen molar-refractivity contribution < 1.29 is 9.63 Å². The molecule has 134 valence electrons. The topological polar surface area (TPSA) is 41.6 Å². The van der Waals surface area contributed by atoms with E-state index in [9.17, 15) is 4.79 Å². The van der Waals surface area contributed by atoms with Crippen molar-refractivity contribution in [1.82, 2.24) is 10.4 Å². The van der Waals surface area contributed by atoms with Crippen molar-refractivity contribution >= 4 is 28.8 Å². The predicted octanol–water partition coefficient (Wildman–Crippen LogP) is 4.42. The first-order chi connectivity index (χ1) is 12.2. The largest absolute Gasteiger partial charge is 0.356 e. The predicted molar refractivity (Wildman–Crippen MR) is 101 cm³/mol.